The zero-order valence-electron chi connectivity index (χ0n) is 19.3. The van der Waals surface area contributed by atoms with Crippen molar-refractivity contribution >= 4 is 33.4 Å². The Morgan fingerprint density at radius 1 is 1.11 bits per heavy atom. The highest BCUT2D eigenvalue weighted by molar-refractivity contribution is 7.89. The molecule has 1 fully saturated rings. The van der Waals surface area contributed by atoms with Gasteiger partial charge in [0.15, 0.2) is 0 Å². The number of carbonyl (C=O) groups excluding carboxylic acids is 2. The van der Waals surface area contributed by atoms with Crippen LogP contribution in [0.25, 0.3) is 0 Å². The van der Waals surface area contributed by atoms with Gasteiger partial charge in [-0.05, 0) is 61.2 Å². The Morgan fingerprint density at radius 3 is 2.51 bits per heavy atom. The molecule has 1 heterocycles. The largest absolute Gasteiger partial charge is 0.394 e. The van der Waals surface area contributed by atoms with Crippen LogP contribution >= 0.6 is 11.6 Å². The third-order valence-corrected chi connectivity index (χ3v) is 7.72. The summed E-state index contributed by atoms with van der Waals surface area (Å²) in [6, 6.07) is 11.6. The van der Waals surface area contributed by atoms with E-state index in [9.17, 15) is 18.0 Å². The third kappa shape index (κ3) is 7.49. The molecule has 11 heteroatoms. The lowest BCUT2D eigenvalue weighted by Crippen LogP contribution is -2.48. The molecular formula is C24H30ClN3O6S. The number of amides is 2. The van der Waals surface area contributed by atoms with Crippen LogP contribution in [-0.2, 0) is 26.1 Å². The molecular weight excluding hydrogens is 494 g/mol. The summed E-state index contributed by atoms with van der Waals surface area (Å²) in [6.45, 7) is 1.19. The van der Waals surface area contributed by atoms with Gasteiger partial charge < -0.3 is 20.5 Å². The highest BCUT2D eigenvalue weighted by Crippen LogP contribution is 2.26. The highest BCUT2D eigenvalue weighted by Gasteiger charge is 2.36. The molecule has 0 unspecified atom stereocenters. The van der Waals surface area contributed by atoms with Crippen LogP contribution in [0.15, 0.2) is 53.4 Å². The van der Waals surface area contributed by atoms with E-state index in [0.29, 0.717) is 35.7 Å². The van der Waals surface area contributed by atoms with Crippen LogP contribution in [-0.4, -0.2) is 68.6 Å². The highest BCUT2D eigenvalue weighted by atomic mass is 35.5. The fourth-order valence-corrected chi connectivity index (χ4v) is 5.48. The van der Waals surface area contributed by atoms with Crippen LogP contribution < -0.4 is 10.6 Å². The molecule has 9 nitrogen and oxygen atoms in total. The van der Waals surface area contributed by atoms with Gasteiger partial charge >= 0.3 is 0 Å². The van der Waals surface area contributed by atoms with Crippen molar-refractivity contribution in [3.63, 3.8) is 0 Å². The molecule has 0 bridgehead atoms. The molecule has 3 N–H and O–H groups in total. The summed E-state index contributed by atoms with van der Waals surface area (Å²) in [5, 5.41) is 14.6. The van der Waals surface area contributed by atoms with E-state index in [-0.39, 0.29) is 43.1 Å². The van der Waals surface area contributed by atoms with Gasteiger partial charge in [-0.25, -0.2) is 8.42 Å². The predicted molar refractivity (Wildman–Crippen MR) is 132 cm³/mol. The maximum Gasteiger partial charge on any atom is 0.251 e. The molecule has 0 aliphatic carbocycles. The van der Waals surface area contributed by atoms with Gasteiger partial charge in [0, 0.05) is 30.2 Å². The van der Waals surface area contributed by atoms with Gasteiger partial charge in [0.2, 0.25) is 15.9 Å². The van der Waals surface area contributed by atoms with Crippen LogP contribution in [0.1, 0.15) is 35.2 Å². The number of aliphatic hydroxyl groups excluding tert-OH is 1. The molecule has 0 spiro atoms. The standard InChI is InChI=1S/C24H30ClN3O6S/c25-20-8-10-21(11-9-20)35(32,33)28(22-3-1-2-12-26-24(22)31)17-18-4-6-19(7-5-18)23(30)27-13-15-34-16-14-29/h4-11,22,29H,1-3,12-17H2,(H,26,31)(H,27,30)/t22-/m1/s1. The topological polar surface area (TPSA) is 125 Å². The number of halogens is 1. The molecule has 35 heavy (non-hydrogen) atoms. The molecule has 1 aliphatic heterocycles. The van der Waals surface area contributed by atoms with Gasteiger partial charge in [0.1, 0.15) is 6.04 Å². The minimum Gasteiger partial charge on any atom is -0.394 e. The van der Waals surface area contributed by atoms with E-state index in [4.69, 9.17) is 21.4 Å². The molecule has 2 aromatic carbocycles. The predicted octanol–water partition coefficient (Wildman–Crippen LogP) is 1.94. The summed E-state index contributed by atoms with van der Waals surface area (Å²) in [7, 11) is -4.01. The van der Waals surface area contributed by atoms with Gasteiger partial charge in [-0.3, -0.25) is 9.59 Å². The first kappa shape index (κ1) is 27.1. The number of rotatable bonds is 11. The number of ether oxygens (including phenoxy) is 1. The summed E-state index contributed by atoms with van der Waals surface area (Å²) in [6.07, 6.45) is 1.92. The molecule has 1 aliphatic rings. The molecule has 190 valence electrons. The second kappa shape index (κ2) is 13.0. The molecule has 2 amide bonds. The molecule has 1 saturated heterocycles. The number of aliphatic hydroxyl groups is 1. The number of hydrogen-bond donors (Lipinski definition) is 3. The number of sulfonamides is 1. The Hall–Kier alpha value is -2.50. The Kier molecular flexibility index (Phi) is 10.1. The van der Waals surface area contributed by atoms with E-state index in [1.54, 1.807) is 24.3 Å². The zero-order valence-corrected chi connectivity index (χ0v) is 20.9. The number of carbonyl (C=O) groups is 2. The first-order chi connectivity index (χ1) is 16.8. The minimum atomic E-state index is -4.01. The Balaban J connectivity index is 1.79. The van der Waals surface area contributed by atoms with Crippen LogP contribution in [0.3, 0.4) is 0 Å². The molecule has 0 saturated carbocycles. The Labute approximate surface area is 210 Å². The number of benzene rings is 2. The molecule has 3 rings (SSSR count). The monoisotopic (exact) mass is 523 g/mol. The van der Waals surface area contributed by atoms with Crippen LogP contribution in [0, 0.1) is 0 Å². The summed E-state index contributed by atoms with van der Waals surface area (Å²) in [5.74, 6) is -0.614. The lowest BCUT2D eigenvalue weighted by Gasteiger charge is -2.29. The van der Waals surface area contributed by atoms with Crippen molar-refractivity contribution in [1.82, 2.24) is 14.9 Å². The molecule has 1 atom stereocenters. The van der Waals surface area contributed by atoms with Crippen molar-refractivity contribution in [2.45, 2.75) is 36.7 Å². The molecule has 0 radical (unpaired) electrons. The van der Waals surface area contributed by atoms with Crippen molar-refractivity contribution in [3.8, 4) is 0 Å². The Bertz CT molecular complexity index is 1090. The third-order valence-electron chi connectivity index (χ3n) is 5.60. The van der Waals surface area contributed by atoms with Crippen molar-refractivity contribution in [1.29, 1.82) is 0 Å². The first-order valence-electron chi connectivity index (χ1n) is 11.4. The van der Waals surface area contributed by atoms with Crippen molar-refractivity contribution < 1.29 is 27.9 Å². The fraction of sp³-hybridized carbons (Fsp3) is 0.417. The van der Waals surface area contributed by atoms with Gasteiger partial charge in [0.25, 0.3) is 5.91 Å². The van der Waals surface area contributed by atoms with Crippen LogP contribution in [0.2, 0.25) is 5.02 Å². The number of nitrogens with zero attached hydrogens (tertiary/aromatic N) is 1. The maximum absolute atomic E-state index is 13.6. The summed E-state index contributed by atoms with van der Waals surface area (Å²) >= 11 is 5.94. The average Bonchev–Trinajstić information content (AvgIpc) is 3.07. The summed E-state index contributed by atoms with van der Waals surface area (Å²) < 4.78 is 33.5. The SMILES string of the molecule is O=C(NCCOCCO)c1ccc(CN([C@@H]2CCCCNC2=O)S(=O)(=O)c2ccc(Cl)cc2)cc1. The minimum absolute atomic E-state index is 0.0278. The number of hydrogen-bond acceptors (Lipinski definition) is 6. The zero-order chi connectivity index (χ0) is 25.3. The van der Waals surface area contributed by atoms with E-state index < -0.39 is 16.1 Å². The van der Waals surface area contributed by atoms with Crippen LogP contribution in [0.5, 0.6) is 0 Å². The smallest absolute Gasteiger partial charge is 0.251 e. The van der Waals surface area contributed by atoms with Gasteiger partial charge in [-0.2, -0.15) is 4.31 Å². The Morgan fingerprint density at radius 2 is 1.83 bits per heavy atom. The van der Waals surface area contributed by atoms with Crippen molar-refractivity contribution in [3.05, 3.63) is 64.7 Å². The molecule has 0 aromatic heterocycles. The van der Waals surface area contributed by atoms with E-state index in [2.05, 4.69) is 10.6 Å². The normalized spacial score (nSPS) is 16.5. The lowest BCUT2D eigenvalue weighted by atomic mass is 10.1. The van der Waals surface area contributed by atoms with E-state index in [0.717, 1.165) is 12.8 Å². The quantitative estimate of drug-likeness (QED) is 0.386. The van der Waals surface area contributed by atoms with Gasteiger partial charge in [-0.1, -0.05) is 23.7 Å². The average molecular weight is 524 g/mol. The van der Waals surface area contributed by atoms with E-state index in [1.165, 1.54) is 28.6 Å². The van der Waals surface area contributed by atoms with Crippen LogP contribution in [0.4, 0.5) is 0 Å². The van der Waals surface area contributed by atoms with E-state index in [1.807, 2.05) is 0 Å². The number of nitrogens with one attached hydrogen (secondary N) is 2. The first-order valence-corrected chi connectivity index (χ1v) is 13.3. The van der Waals surface area contributed by atoms with Gasteiger partial charge in [-0.15, -0.1) is 0 Å². The van der Waals surface area contributed by atoms with E-state index >= 15 is 0 Å². The second-order valence-corrected chi connectivity index (χ2v) is 10.4. The maximum atomic E-state index is 13.6. The summed E-state index contributed by atoms with van der Waals surface area (Å²) in [5.41, 5.74) is 1.05. The fourth-order valence-electron chi connectivity index (χ4n) is 3.75. The lowest BCUT2D eigenvalue weighted by molar-refractivity contribution is -0.124. The van der Waals surface area contributed by atoms with Crippen molar-refractivity contribution in [2.75, 3.05) is 32.9 Å². The van der Waals surface area contributed by atoms with Crippen molar-refractivity contribution in [2.24, 2.45) is 0 Å². The molecule has 2 aromatic rings. The van der Waals surface area contributed by atoms with Gasteiger partial charge in [0.05, 0.1) is 24.7 Å². The second-order valence-electron chi connectivity index (χ2n) is 8.10. The summed E-state index contributed by atoms with van der Waals surface area (Å²) in [4.78, 5) is 25.2.